The zero-order chi connectivity index (χ0) is 5.70. The quantitative estimate of drug-likeness (QED) is 0.478. The Morgan fingerprint density at radius 1 is 1.43 bits per heavy atom. The smallest absolute Gasteiger partial charge is 0.361 e. The fraction of sp³-hybridized carbons (Fsp3) is 0.750. The van der Waals surface area contributed by atoms with Crippen LogP contribution in [0.3, 0.4) is 0 Å². The first kappa shape index (κ1) is 6.82. The number of rotatable bonds is 0. The molecule has 2 nitrogen and oxygen atoms in total. The van der Waals surface area contributed by atoms with Gasteiger partial charge in [-0.25, -0.2) is 4.79 Å². The Morgan fingerprint density at radius 2 is 1.57 bits per heavy atom. The number of thiol groups is 1. The molecule has 42 valence electrons. The molecular weight excluding hydrogens is 112 g/mol. The Bertz CT molecular complexity index is 54.0. The molecule has 0 unspecified atom stereocenters. The van der Waals surface area contributed by atoms with Crippen LogP contribution in [-0.4, -0.2) is 10.4 Å². The second-order valence-corrected chi connectivity index (χ2v) is 1.73. The molecule has 0 amide bonds. The monoisotopic (exact) mass is 120 g/mol. The highest BCUT2D eigenvalue weighted by Crippen LogP contribution is 2.14. The zero-order valence-corrected chi connectivity index (χ0v) is 4.82. The topological polar surface area (TPSA) is 37.3 Å². The summed E-state index contributed by atoms with van der Waals surface area (Å²) in [5, 5.41) is 6.14. The molecule has 1 aliphatic carbocycles. The maximum Gasteiger partial charge on any atom is 0.361 e. The van der Waals surface area contributed by atoms with Gasteiger partial charge in [0.1, 0.15) is 0 Å². The standard InChI is InChI=1S/C3H6.CH2O2S/c1-2-3-1;2-1(3)4/h1-3H2;4H,(H,2,3). The van der Waals surface area contributed by atoms with Crippen molar-refractivity contribution in [1.82, 2.24) is 0 Å². The first-order valence-electron chi connectivity index (χ1n) is 2.15. The summed E-state index contributed by atoms with van der Waals surface area (Å²) in [6.45, 7) is 0. The Balaban J connectivity index is 0.000000105. The molecule has 0 spiro atoms. The minimum atomic E-state index is -1.14. The molecule has 0 saturated heterocycles. The van der Waals surface area contributed by atoms with Crippen LogP contribution in [0.5, 0.6) is 0 Å². The molecular formula is C4H8O2S. The summed E-state index contributed by atoms with van der Waals surface area (Å²) >= 11 is 2.88. The zero-order valence-electron chi connectivity index (χ0n) is 3.92. The van der Waals surface area contributed by atoms with Gasteiger partial charge in [-0.05, 0) is 0 Å². The molecule has 0 aromatic heterocycles. The Labute approximate surface area is 47.9 Å². The molecule has 1 fully saturated rings. The number of carbonyl (C=O) groups is 1. The van der Waals surface area contributed by atoms with Gasteiger partial charge in [-0.1, -0.05) is 31.9 Å². The molecule has 0 aromatic carbocycles. The Kier molecular flexibility index (Phi) is 3.89. The minimum absolute atomic E-state index is 1.14. The van der Waals surface area contributed by atoms with Crippen LogP contribution in [0.15, 0.2) is 0 Å². The summed E-state index contributed by atoms with van der Waals surface area (Å²) in [5.74, 6) is 0. The van der Waals surface area contributed by atoms with Crippen molar-refractivity contribution in [3.8, 4) is 0 Å². The van der Waals surface area contributed by atoms with Gasteiger partial charge in [0.05, 0.1) is 0 Å². The number of carboxylic acid groups (broad SMARTS) is 1. The van der Waals surface area contributed by atoms with Crippen molar-refractivity contribution < 1.29 is 9.90 Å². The van der Waals surface area contributed by atoms with Gasteiger partial charge in [-0.2, -0.15) is 0 Å². The van der Waals surface area contributed by atoms with E-state index < -0.39 is 5.30 Å². The molecule has 7 heavy (non-hydrogen) atoms. The van der Waals surface area contributed by atoms with E-state index in [2.05, 4.69) is 12.6 Å². The van der Waals surface area contributed by atoms with E-state index in [1.54, 1.807) is 0 Å². The van der Waals surface area contributed by atoms with Crippen LogP contribution < -0.4 is 0 Å². The highest BCUT2D eigenvalue weighted by atomic mass is 32.1. The Hall–Kier alpha value is -0.180. The van der Waals surface area contributed by atoms with E-state index in [-0.39, 0.29) is 0 Å². The first-order chi connectivity index (χ1) is 3.23. The summed E-state index contributed by atoms with van der Waals surface area (Å²) in [7, 11) is 0. The van der Waals surface area contributed by atoms with Crippen molar-refractivity contribution in [3.63, 3.8) is 0 Å². The van der Waals surface area contributed by atoms with Gasteiger partial charge in [0, 0.05) is 0 Å². The average molecular weight is 120 g/mol. The molecule has 1 rings (SSSR count). The molecule has 0 heterocycles. The predicted molar refractivity (Wildman–Crippen MR) is 30.9 cm³/mol. The molecule has 0 atom stereocenters. The molecule has 0 aliphatic heterocycles. The summed E-state index contributed by atoms with van der Waals surface area (Å²) < 4.78 is 0. The van der Waals surface area contributed by atoms with Crippen molar-refractivity contribution >= 4 is 17.9 Å². The second-order valence-electron chi connectivity index (χ2n) is 1.34. The van der Waals surface area contributed by atoms with E-state index in [1.165, 1.54) is 19.3 Å². The van der Waals surface area contributed by atoms with Crippen LogP contribution in [-0.2, 0) is 0 Å². The molecule has 1 saturated carbocycles. The minimum Gasteiger partial charge on any atom is -0.473 e. The van der Waals surface area contributed by atoms with Gasteiger partial charge >= 0.3 is 5.30 Å². The van der Waals surface area contributed by atoms with Crippen LogP contribution >= 0.6 is 12.6 Å². The fourth-order valence-electron chi connectivity index (χ4n) is 0. The van der Waals surface area contributed by atoms with Crippen molar-refractivity contribution in [3.05, 3.63) is 0 Å². The van der Waals surface area contributed by atoms with Crippen LogP contribution in [0.2, 0.25) is 0 Å². The first-order valence-corrected chi connectivity index (χ1v) is 2.60. The molecule has 0 radical (unpaired) electrons. The van der Waals surface area contributed by atoms with Crippen LogP contribution in [0.25, 0.3) is 0 Å². The maximum atomic E-state index is 8.86. The average Bonchev–Trinajstić information content (AvgIpc) is 2.02. The lowest BCUT2D eigenvalue weighted by atomic mass is 11.0. The van der Waals surface area contributed by atoms with Crippen LogP contribution in [0.4, 0.5) is 4.79 Å². The third kappa shape index (κ3) is 126. The highest BCUT2D eigenvalue weighted by molar-refractivity contribution is 7.96. The van der Waals surface area contributed by atoms with Crippen LogP contribution in [0.1, 0.15) is 19.3 Å². The van der Waals surface area contributed by atoms with Crippen molar-refractivity contribution in [1.29, 1.82) is 0 Å². The normalized spacial score (nSPS) is 13.9. The summed E-state index contributed by atoms with van der Waals surface area (Å²) in [6.07, 6.45) is 4.50. The van der Waals surface area contributed by atoms with E-state index in [0.29, 0.717) is 0 Å². The number of hydrogen-bond donors (Lipinski definition) is 2. The van der Waals surface area contributed by atoms with E-state index in [4.69, 9.17) is 9.90 Å². The number of hydrogen-bond acceptors (Lipinski definition) is 1. The van der Waals surface area contributed by atoms with Crippen molar-refractivity contribution in [2.75, 3.05) is 0 Å². The molecule has 1 aliphatic rings. The summed E-state index contributed by atoms with van der Waals surface area (Å²) in [6, 6.07) is 0. The van der Waals surface area contributed by atoms with E-state index in [9.17, 15) is 0 Å². The fourth-order valence-corrected chi connectivity index (χ4v) is 0. The van der Waals surface area contributed by atoms with Gasteiger partial charge in [-0.15, -0.1) is 0 Å². The van der Waals surface area contributed by atoms with Gasteiger partial charge < -0.3 is 5.11 Å². The van der Waals surface area contributed by atoms with Gasteiger partial charge in [0.15, 0.2) is 0 Å². The van der Waals surface area contributed by atoms with E-state index in [0.717, 1.165) is 0 Å². The largest absolute Gasteiger partial charge is 0.473 e. The highest BCUT2D eigenvalue weighted by Gasteiger charge is 1.95. The van der Waals surface area contributed by atoms with Gasteiger partial charge in [0.2, 0.25) is 0 Å². The van der Waals surface area contributed by atoms with E-state index >= 15 is 0 Å². The Morgan fingerprint density at radius 3 is 1.57 bits per heavy atom. The van der Waals surface area contributed by atoms with Crippen molar-refractivity contribution in [2.24, 2.45) is 0 Å². The summed E-state index contributed by atoms with van der Waals surface area (Å²) in [4.78, 5) is 8.86. The maximum absolute atomic E-state index is 8.86. The lowest BCUT2D eigenvalue weighted by Crippen LogP contribution is -1.67. The SMILES string of the molecule is C1CC1.O=C(O)S. The molecule has 0 bridgehead atoms. The van der Waals surface area contributed by atoms with Crippen molar-refractivity contribution in [2.45, 2.75) is 19.3 Å². The molecule has 3 heteroatoms. The molecule has 0 aromatic rings. The molecule has 1 N–H and O–H groups in total. The lowest BCUT2D eigenvalue weighted by molar-refractivity contribution is 0.222. The lowest BCUT2D eigenvalue weighted by Gasteiger charge is -1.58. The van der Waals surface area contributed by atoms with Crippen LogP contribution in [0, 0.1) is 0 Å². The third-order valence-electron chi connectivity index (χ3n) is 0.354. The predicted octanol–water partition coefficient (Wildman–Crippen LogP) is 1.76. The second kappa shape index (κ2) is 3.99. The van der Waals surface area contributed by atoms with E-state index in [1.807, 2.05) is 0 Å². The van der Waals surface area contributed by atoms with Gasteiger partial charge in [-0.3, -0.25) is 0 Å². The summed E-state index contributed by atoms with van der Waals surface area (Å²) in [5.41, 5.74) is 0. The van der Waals surface area contributed by atoms with Gasteiger partial charge in [0.25, 0.3) is 0 Å². The third-order valence-corrected chi connectivity index (χ3v) is 0.354.